The number of imidazole rings is 1. The van der Waals surface area contributed by atoms with E-state index < -0.39 is 0 Å². The van der Waals surface area contributed by atoms with E-state index in [4.69, 9.17) is 4.98 Å². The van der Waals surface area contributed by atoms with Gasteiger partial charge in [0.15, 0.2) is 0 Å². The molecule has 4 heteroatoms. The number of nitrogens with one attached hydrogen (secondary N) is 1. The molecule has 2 rings (SSSR count). The number of nitrogens with zero attached hydrogens (tertiary/aromatic N) is 2. The zero-order valence-corrected chi connectivity index (χ0v) is 13.9. The van der Waals surface area contributed by atoms with Crippen molar-refractivity contribution in [2.24, 2.45) is 0 Å². The van der Waals surface area contributed by atoms with E-state index in [0.29, 0.717) is 6.42 Å². The molecule has 0 aliphatic heterocycles. The zero-order chi connectivity index (χ0) is 15.9. The summed E-state index contributed by atoms with van der Waals surface area (Å²) in [6, 6.07) is 8.14. The molecule has 1 heterocycles. The Morgan fingerprint density at radius 3 is 2.73 bits per heavy atom. The topological polar surface area (TPSA) is 46.9 Å². The van der Waals surface area contributed by atoms with Crippen LogP contribution in [0.2, 0.25) is 0 Å². The third kappa shape index (κ3) is 3.87. The van der Waals surface area contributed by atoms with Gasteiger partial charge >= 0.3 is 0 Å². The van der Waals surface area contributed by atoms with Crippen molar-refractivity contribution in [2.75, 3.05) is 0 Å². The van der Waals surface area contributed by atoms with Crippen molar-refractivity contribution in [2.45, 2.75) is 65.5 Å². The van der Waals surface area contributed by atoms with Crippen LogP contribution in [0.25, 0.3) is 11.0 Å². The molecule has 1 aromatic carbocycles. The molecule has 0 radical (unpaired) electrons. The van der Waals surface area contributed by atoms with Gasteiger partial charge in [-0.3, -0.25) is 4.79 Å². The van der Waals surface area contributed by atoms with E-state index >= 15 is 0 Å². The van der Waals surface area contributed by atoms with Crippen LogP contribution in [0.1, 0.15) is 64.7 Å². The maximum atomic E-state index is 11.9. The fourth-order valence-electron chi connectivity index (χ4n) is 2.78. The smallest absolute Gasteiger partial charge is 0.220 e. The highest BCUT2D eigenvalue weighted by Gasteiger charge is 2.17. The highest BCUT2D eigenvalue weighted by molar-refractivity contribution is 5.78. The maximum absolute atomic E-state index is 11.9. The van der Waals surface area contributed by atoms with Gasteiger partial charge in [-0.05, 0) is 31.9 Å². The molecule has 1 atom stereocenters. The van der Waals surface area contributed by atoms with Crippen molar-refractivity contribution in [3.05, 3.63) is 30.1 Å². The third-order valence-corrected chi connectivity index (χ3v) is 3.91. The number of aryl methyl sites for hydroxylation is 1. The molecule has 4 nitrogen and oxygen atoms in total. The number of carbonyl (C=O) groups excluding carboxylic acids is 1. The summed E-state index contributed by atoms with van der Waals surface area (Å²) < 4.78 is 2.27. The van der Waals surface area contributed by atoms with E-state index in [0.717, 1.165) is 36.2 Å². The molecule has 1 aromatic heterocycles. The van der Waals surface area contributed by atoms with Crippen LogP contribution in [0.3, 0.4) is 0 Å². The van der Waals surface area contributed by atoms with Crippen LogP contribution < -0.4 is 5.32 Å². The first kappa shape index (κ1) is 16.5. The second-order valence-electron chi connectivity index (χ2n) is 5.86. The molecule has 0 aliphatic rings. The molecular weight excluding hydrogens is 274 g/mol. The van der Waals surface area contributed by atoms with Gasteiger partial charge < -0.3 is 9.88 Å². The number of hydrogen-bond acceptors (Lipinski definition) is 2. The lowest BCUT2D eigenvalue weighted by atomic mass is 10.2. The first-order chi connectivity index (χ1) is 10.7. The number of carbonyl (C=O) groups is 1. The summed E-state index contributed by atoms with van der Waals surface area (Å²) in [5.41, 5.74) is 2.16. The van der Waals surface area contributed by atoms with E-state index in [1.165, 1.54) is 12.8 Å². The average Bonchev–Trinajstić information content (AvgIpc) is 2.87. The zero-order valence-electron chi connectivity index (χ0n) is 13.9. The number of benzene rings is 1. The number of fused-ring (bicyclic) bond motifs is 1. The van der Waals surface area contributed by atoms with Crippen molar-refractivity contribution < 1.29 is 4.79 Å². The Morgan fingerprint density at radius 2 is 2.00 bits per heavy atom. The molecule has 0 fully saturated rings. The highest BCUT2D eigenvalue weighted by Crippen LogP contribution is 2.21. The number of amides is 1. The summed E-state index contributed by atoms with van der Waals surface area (Å²) >= 11 is 0. The van der Waals surface area contributed by atoms with Gasteiger partial charge in [-0.2, -0.15) is 0 Å². The number of hydrogen-bond donors (Lipinski definition) is 1. The SMILES string of the molecule is CCCCCn1c([C@H](C)NC(=O)CCC)nc2ccccc21. The van der Waals surface area contributed by atoms with Crippen molar-refractivity contribution in [3.8, 4) is 0 Å². The molecule has 2 aromatic rings. The molecule has 120 valence electrons. The van der Waals surface area contributed by atoms with E-state index in [-0.39, 0.29) is 11.9 Å². The van der Waals surface area contributed by atoms with Crippen LogP contribution in [-0.2, 0) is 11.3 Å². The Kier molecular flexibility index (Phi) is 5.99. The van der Waals surface area contributed by atoms with Gasteiger partial charge in [-0.1, -0.05) is 38.8 Å². The second kappa shape index (κ2) is 7.97. The predicted molar refractivity (Wildman–Crippen MR) is 90.7 cm³/mol. The standard InChI is InChI=1S/C18H27N3O/c1-4-6-9-13-21-16-12-8-7-11-15(16)20-18(21)14(3)19-17(22)10-5-2/h7-8,11-12,14H,4-6,9-10,13H2,1-3H3,(H,19,22)/t14-/m0/s1. The molecule has 0 saturated heterocycles. The summed E-state index contributed by atoms with van der Waals surface area (Å²) in [5.74, 6) is 1.06. The number of rotatable bonds is 8. The lowest BCUT2D eigenvalue weighted by Crippen LogP contribution is -2.28. The molecule has 0 aliphatic carbocycles. The predicted octanol–water partition coefficient (Wildman–Crippen LogP) is 4.20. The Bertz CT molecular complexity index is 618. The fraction of sp³-hybridized carbons (Fsp3) is 0.556. The van der Waals surface area contributed by atoms with Crippen LogP contribution in [0.15, 0.2) is 24.3 Å². The minimum atomic E-state index is -0.0620. The Balaban J connectivity index is 2.26. The largest absolute Gasteiger partial charge is 0.346 e. The molecule has 22 heavy (non-hydrogen) atoms. The van der Waals surface area contributed by atoms with Crippen LogP contribution in [0.5, 0.6) is 0 Å². The maximum Gasteiger partial charge on any atom is 0.220 e. The molecule has 1 amide bonds. The Morgan fingerprint density at radius 1 is 1.23 bits per heavy atom. The molecular formula is C18H27N3O. The summed E-state index contributed by atoms with van der Waals surface area (Å²) in [6.07, 6.45) is 4.98. The summed E-state index contributed by atoms with van der Waals surface area (Å²) in [4.78, 5) is 16.6. The lowest BCUT2D eigenvalue weighted by Gasteiger charge is -2.16. The molecule has 0 bridgehead atoms. The third-order valence-electron chi connectivity index (χ3n) is 3.91. The first-order valence-electron chi connectivity index (χ1n) is 8.41. The monoisotopic (exact) mass is 301 g/mol. The minimum absolute atomic E-state index is 0.0620. The molecule has 0 saturated carbocycles. The van der Waals surface area contributed by atoms with Gasteiger partial charge in [0, 0.05) is 13.0 Å². The lowest BCUT2D eigenvalue weighted by molar-refractivity contribution is -0.121. The molecule has 0 spiro atoms. The molecule has 1 N–H and O–H groups in total. The van der Waals surface area contributed by atoms with E-state index in [9.17, 15) is 4.79 Å². The normalized spacial score (nSPS) is 12.5. The minimum Gasteiger partial charge on any atom is -0.346 e. The van der Waals surface area contributed by atoms with Crippen molar-refractivity contribution >= 4 is 16.9 Å². The average molecular weight is 301 g/mol. The van der Waals surface area contributed by atoms with Gasteiger partial charge in [0.1, 0.15) is 5.82 Å². The van der Waals surface area contributed by atoms with Crippen molar-refractivity contribution in [1.29, 1.82) is 0 Å². The molecule has 0 unspecified atom stereocenters. The summed E-state index contributed by atoms with van der Waals surface area (Å²) in [7, 11) is 0. The van der Waals surface area contributed by atoms with Gasteiger partial charge in [0.25, 0.3) is 0 Å². The van der Waals surface area contributed by atoms with Gasteiger partial charge in [-0.15, -0.1) is 0 Å². The number of aromatic nitrogens is 2. The van der Waals surface area contributed by atoms with Crippen LogP contribution in [-0.4, -0.2) is 15.5 Å². The Labute approximate surface area is 132 Å². The second-order valence-corrected chi connectivity index (χ2v) is 5.86. The van der Waals surface area contributed by atoms with Crippen LogP contribution in [0.4, 0.5) is 0 Å². The first-order valence-corrected chi connectivity index (χ1v) is 8.41. The van der Waals surface area contributed by atoms with Crippen molar-refractivity contribution in [1.82, 2.24) is 14.9 Å². The van der Waals surface area contributed by atoms with Crippen LogP contribution >= 0.6 is 0 Å². The summed E-state index contributed by atoms with van der Waals surface area (Å²) in [5, 5.41) is 3.07. The van der Waals surface area contributed by atoms with Gasteiger partial charge in [0.2, 0.25) is 5.91 Å². The number of unbranched alkanes of at least 4 members (excludes halogenated alkanes) is 2. The Hall–Kier alpha value is -1.84. The van der Waals surface area contributed by atoms with Crippen molar-refractivity contribution in [3.63, 3.8) is 0 Å². The van der Waals surface area contributed by atoms with E-state index in [1.807, 2.05) is 32.0 Å². The van der Waals surface area contributed by atoms with Gasteiger partial charge in [-0.25, -0.2) is 4.98 Å². The quantitative estimate of drug-likeness (QED) is 0.743. The van der Waals surface area contributed by atoms with E-state index in [2.05, 4.69) is 22.9 Å². The van der Waals surface area contributed by atoms with E-state index in [1.54, 1.807) is 0 Å². The fourth-order valence-corrected chi connectivity index (χ4v) is 2.78. The number of para-hydroxylation sites is 2. The highest BCUT2D eigenvalue weighted by atomic mass is 16.1. The summed E-state index contributed by atoms with van der Waals surface area (Å²) in [6.45, 7) is 7.20. The van der Waals surface area contributed by atoms with Gasteiger partial charge in [0.05, 0.1) is 17.1 Å². The van der Waals surface area contributed by atoms with Crippen LogP contribution in [0, 0.1) is 0 Å².